The molecule has 0 saturated heterocycles. The van der Waals surface area contributed by atoms with Gasteiger partial charge in [-0.3, -0.25) is 14.4 Å². The van der Waals surface area contributed by atoms with E-state index in [-0.39, 0.29) is 71.5 Å². The average molecular weight is 1110 g/mol. The van der Waals surface area contributed by atoms with Gasteiger partial charge in [0.2, 0.25) is 0 Å². The predicted molar refractivity (Wildman–Crippen MR) is 340 cm³/mol. The molecule has 3 N–H and O–H groups in total. The minimum absolute atomic E-state index is 0.0321. The van der Waals surface area contributed by atoms with Gasteiger partial charge in [-0.25, -0.2) is 0 Å². The highest BCUT2D eigenvalue weighted by molar-refractivity contribution is 6.14. The Morgan fingerprint density at radius 1 is 0.309 bits per heavy atom. The highest BCUT2D eigenvalue weighted by Gasteiger charge is 2.37. The van der Waals surface area contributed by atoms with Crippen LogP contribution in [0.25, 0.3) is 0 Å². The van der Waals surface area contributed by atoms with E-state index >= 15 is 14.4 Å². The number of ether oxygens (including phenoxy) is 3. The molecule has 0 fully saturated rings. The molecule has 4 rings (SSSR count). The van der Waals surface area contributed by atoms with E-state index in [1.165, 1.54) is 116 Å². The molecular weight excluding hydrogens is 1000 g/mol. The van der Waals surface area contributed by atoms with E-state index in [2.05, 4.69) is 93.9 Å². The van der Waals surface area contributed by atoms with Crippen LogP contribution < -0.4 is 30.2 Å². The number of hydrogen-bond acceptors (Lipinski definition) is 6. The second-order valence-corrected chi connectivity index (χ2v) is 23.3. The highest BCUT2D eigenvalue weighted by atomic mass is 16.5. The van der Waals surface area contributed by atoms with E-state index < -0.39 is 17.7 Å². The van der Waals surface area contributed by atoms with Gasteiger partial charge < -0.3 is 30.2 Å². The second kappa shape index (κ2) is 43.4. The number of nitrogens with one attached hydrogen (secondary N) is 3. The molecule has 0 saturated carbocycles. The molecule has 0 aromatic heterocycles. The molecule has 0 aliphatic rings. The first kappa shape index (κ1) is 68.2. The molecule has 81 heavy (non-hydrogen) atoms. The molecule has 3 atom stereocenters. The fraction of sp³-hybridized carbons (Fsp3) is 0.625. The third kappa shape index (κ3) is 27.1. The second-order valence-electron chi connectivity index (χ2n) is 23.3. The molecule has 0 aliphatic heterocycles. The van der Waals surface area contributed by atoms with Gasteiger partial charge in [0.25, 0.3) is 17.7 Å². The van der Waals surface area contributed by atoms with Gasteiger partial charge in [0.15, 0.2) is 17.2 Å². The molecule has 9 nitrogen and oxygen atoms in total. The van der Waals surface area contributed by atoms with Crippen LogP contribution in [0.5, 0.6) is 17.2 Å². The maximum absolute atomic E-state index is 15.5. The van der Waals surface area contributed by atoms with Crippen molar-refractivity contribution in [2.75, 3.05) is 39.5 Å². The van der Waals surface area contributed by atoms with E-state index in [0.717, 1.165) is 93.7 Å². The Hall–Kier alpha value is -5.31. The van der Waals surface area contributed by atoms with Gasteiger partial charge in [0.05, 0.1) is 19.8 Å². The van der Waals surface area contributed by atoms with Crippen molar-refractivity contribution in [3.63, 3.8) is 0 Å². The zero-order valence-corrected chi connectivity index (χ0v) is 51.8. The summed E-state index contributed by atoms with van der Waals surface area (Å²) in [6.45, 7) is 14.8. The minimum Gasteiger partial charge on any atom is -0.492 e. The Bertz CT molecular complexity index is 1980. The van der Waals surface area contributed by atoms with Crippen LogP contribution >= 0.6 is 0 Å². The molecule has 0 radical (unpaired) electrons. The summed E-state index contributed by atoms with van der Waals surface area (Å²) < 4.78 is 20.8. The number of benzene rings is 4. The number of unbranched alkanes of at least 4 members (excludes halogenated alkanes) is 27. The van der Waals surface area contributed by atoms with Crippen LogP contribution in [0.15, 0.2) is 91.0 Å². The van der Waals surface area contributed by atoms with Gasteiger partial charge in [-0.2, -0.15) is 0 Å². The van der Waals surface area contributed by atoms with Crippen molar-refractivity contribution in [2.45, 2.75) is 252 Å². The van der Waals surface area contributed by atoms with Crippen molar-refractivity contribution < 1.29 is 28.6 Å². The fourth-order valence-electron chi connectivity index (χ4n) is 10.7. The van der Waals surface area contributed by atoms with E-state index in [4.69, 9.17) is 14.2 Å². The molecule has 9 heteroatoms. The van der Waals surface area contributed by atoms with Crippen molar-refractivity contribution in [1.29, 1.82) is 0 Å². The number of amides is 3. The molecular formula is C72H111N3O6. The first-order valence-electron chi connectivity index (χ1n) is 32.8. The molecule has 0 heterocycles. The van der Waals surface area contributed by atoms with Crippen LogP contribution in [-0.2, 0) is 0 Å². The minimum atomic E-state index is -0.464. The Kier molecular flexibility index (Phi) is 36.5. The molecule has 4 aromatic carbocycles. The van der Waals surface area contributed by atoms with Crippen molar-refractivity contribution in [3.8, 4) is 17.2 Å². The number of carbonyl (C=O) groups excluding carboxylic acids is 3. The summed E-state index contributed by atoms with van der Waals surface area (Å²) in [4.78, 5) is 46.4. The monoisotopic (exact) mass is 1110 g/mol. The van der Waals surface area contributed by atoms with Crippen LogP contribution in [-0.4, -0.2) is 57.2 Å². The lowest BCUT2D eigenvalue weighted by Gasteiger charge is -2.26. The standard InChI is InChI=1S/C72H111N3O6/c1-7-10-13-16-19-22-25-28-31-43-52-79-67-64(70(76)73-55-58(4)61-46-37-34-38-47-61)68(80-53-44-32-29-26-23-20-17-14-11-8-2)66(72(78)75-57-60(6)63-50-41-36-42-51-63)69(81-54-45-33-30-27-24-21-18-15-12-9-3)65(67)71(77)74-56-59(5)62-48-39-35-40-49-62/h34-42,46-51,58-60H,7-33,43-45,52-57H2,1-6H3,(H,73,76)(H,74,77)(H,75,78)/t58-,59-,60-/m1/s1. The first-order chi connectivity index (χ1) is 39.7. The highest BCUT2D eigenvalue weighted by Crippen LogP contribution is 2.45. The zero-order chi connectivity index (χ0) is 58.0. The van der Waals surface area contributed by atoms with Gasteiger partial charge in [-0.15, -0.1) is 0 Å². The molecule has 3 amide bonds. The Balaban J connectivity index is 1.84. The van der Waals surface area contributed by atoms with Crippen LogP contribution in [0.3, 0.4) is 0 Å². The number of rotatable bonds is 48. The average Bonchev–Trinajstić information content (AvgIpc) is 3.62. The Morgan fingerprint density at radius 2 is 0.506 bits per heavy atom. The largest absolute Gasteiger partial charge is 0.492 e. The van der Waals surface area contributed by atoms with Crippen LogP contribution in [0.2, 0.25) is 0 Å². The van der Waals surface area contributed by atoms with Crippen molar-refractivity contribution in [3.05, 3.63) is 124 Å². The van der Waals surface area contributed by atoms with Gasteiger partial charge >= 0.3 is 0 Å². The van der Waals surface area contributed by atoms with Crippen molar-refractivity contribution in [2.24, 2.45) is 0 Å². The van der Waals surface area contributed by atoms with E-state index in [9.17, 15) is 0 Å². The van der Waals surface area contributed by atoms with Crippen LogP contribution in [0.4, 0.5) is 0 Å². The zero-order valence-electron chi connectivity index (χ0n) is 51.8. The smallest absolute Gasteiger partial charge is 0.258 e. The first-order valence-corrected chi connectivity index (χ1v) is 32.8. The lowest BCUT2D eigenvalue weighted by Crippen LogP contribution is -2.34. The van der Waals surface area contributed by atoms with E-state index in [0.29, 0.717) is 19.6 Å². The molecule has 450 valence electrons. The lowest BCUT2D eigenvalue weighted by molar-refractivity contribution is 0.0932. The molecule has 4 aromatic rings. The summed E-state index contributed by atoms with van der Waals surface area (Å²) in [5.74, 6) is -1.18. The maximum atomic E-state index is 15.5. The SMILES string of the molecule is CCCCCCCCCCCCOc1c(C(=O)NC[C@@H](C)c2ccccc2)c(OCCCCCCCCCCCC)c(C(=O)NC[C@@H](C)c2ccccc2)c(OCCCCCCCCCCCC)c1C(=O)NC[C@@H](C)c1ccccc1. The predicted octanol–water partition coefficient (Wildman–Crippen LogP) is 19.2. The number of hydrogen-bond donors (Lipinski definition) is 3. The van der Waals surface area contributed by atoms with Crippen LogP contribution in [0.1, 0.15) is 300 Å². The Labute approximate surface area is 493 Å². The van der Waals surface area contributed by atoms with Gasteiger partial charge in [0.1, 0.15) is 16.7 Å². The fourth-order valence-corrected chi connectivity index (χ4v) is 10.7. The summed E-state index contributed by atoms with van der Waals surface area (Å²) in [6.07, 6.45) is 34.6. The summed E-state index contributed by atoms with van der Waals surface area (Å²) in [6, 6.07) is 30.4. The third-order valence-corrected chi connectivity index (χ3v) is 16.1. The maximum Gasteiger partial charge on any atom is 0.258 e. The topological polar surface area (TPSA) is 115 Å². The van der Waals surface area contributed by atoms with E-state index in [1.807, 2.05) is 54.6 Å². The van der Waals surface area contributed by atoms with Crippen LogP contribution in [0, 0.1) is 0 Å². The van der Waals surface area contributed by atoms with E-state index in [1.54, 1.807) is 0 Å². The summed E-state index contributed by atoms with van der Waals surface area (Å²) in [5.41, 5.74) is 3.44. The van der Waals surface area contributed by atoms with Gasteiger partial charge in [-0.05, 0) is 53.7 Å². The van der Waals surface area contributed by atoms with Crippen molar-refractivity contribution >= 4 is 17.7 Å². The third-order valence-electron chi connectivity index (χ3n) is 16.1. The molecule has 0 spiro atoms. The normalized spacial score (nSPS) is 12.4. The van der Waals surface area contributed by atoms with Gasteiger partial charge in [0, 0.05) is 19.6 Å². The molecule has 0 bridgehead atoms. The summed E-state index contributed by atoms with van der Waals surface area (Å²) in [5, 5.41) is 9.74. The molecule has 0 unspecified atom stereocenters. The van der Waals surface area contributed by atoms with Gasteiger partial charge in [-0.1, -0.05) is 306 Å². The number of carbonyl (C=O) groups is 3. The Morgan fingerprint density at radius 3 is 0.716 bits per heavy atom. The quantitative estimate of drug-likeness (QED) is 0.0380. The lowest BCUT2D eigenvalue weighted by atomic mass is 9.96. The summed E-state index contributed by atoms with van der Waals surface area (Å²) in [7, 11) is 0. The van der Waals surface area contributed by atoms with Crippen molar-refractivity contribution in [1.82, 2.24) is 16.0 Å². The molecule has 0 aliphatic carbocycles. The summed E-state index contributed by atoms with van der Waals surface area (Å²) >= 11 is 0.